The number of benzene rings is 1. The Kier molecular flexibility index (Phi) is 5.44. The highest BCUT2D eigenvalue weighted by Gasteiger charge is 2.15. The van der Waals surface area contributed by atoms with E-state index in [4.69, 9.17) is 16.3 Å². The summed E-state index contributed by atoms with van der Waals surface area (Å²) >= 11 is 5.79. The van der Waals surface area contributed by atoms with Gasteiger partial charge in [0.25, 0.3) is 0 Å². The van der Waals surface area contributed by atoms with Crippen LogP contribution in [0.2, 0.25) is 5.02 Å². The number of carbonyl (C=O) groups excluding carboxylic acids is 1. The number of carbonyl (C=O) groups is 1. The van der Waals surface area contributed by atoms with Crippen molar-refractivity contribution in [2.45, 2.75) is 32.8 Å². The summed E-state index contributed by atoms with van der Waals surface area (Å²) in [6.07, 6.45) is 0.325. The third-order valence-electron chi connectivity index (χ3n) is 2.04. The van der Waals surface area contributed by atoms with E-state index in [9.17, 15) is 4.79 Å². The van der Waals surface area contributed by atoms with Crippen molar-refractivity contribution in [2.75, 3.05) is 6.54 Å². The molecule has 0 radical (unpaired) electrons. The Morgan fingerprint density at radius 2 is 1.89 bits per heavy atom. The normalized spacial score (nSPS) is 11.1. The molecule has 100 valence electrons. The molecule has 1 rings (SSSR count). The van der Waals surface area contributed by atoms with Crippen LogP contribution < -0.4 is 10.9 Å². The fourth-order valence-electron chi connectivity index (χ4n) is 1.30. The van der Waals surface area contributed by atoms with E-state index in [1.165, 1.54) is 0 Å². The second kappa shape index (κ2) is 6.61. The molecule has 0 bridgehead atoms. The molecule has 0 heterocycles. The summed E-state index contributed by atoms with van der Waals surface area (Å²) in [6, 6.07) is 7.60. The minimum atomic E-state index is -0.484. The second-order valence-corrected chi connectivity index (χ2v) is 5.37. The molecule has 5 heteroatoms. The lowest BCUT2D eigenvalue weighted by Gasteiger charge is -2.19. The molecule has 4 nitrogen and oxygen atoms in total. The third-order valence-corrected chi connectivity index (χ3v) is 2.29. The zero-order chi connectivity index (χ0) is 13.6. The van der Waals surface area contributed by atoms with Crippen LogP contribution in [0.4, 0.5) is 4.79 Å². The number of halogens is 1. The highest BCUT2D eigenvalue weighted by molar-refractivity contribution is 6.30. The molecule has 0 aliphatic heterocycles. The van der Waals surface area contributed by atoms with Gasteiger partial charge in [0.1, 0.15) is 5.60 Å². The molecule has 1 amide bonds. The van der Waals surface area contributed by atoms with Crippen LogP contribution >= 0.6 is 11.6 Å². The van der Waals surface area contributed by atoms with Crippen molar-refractivity contribution in [3.63, 3.8) is 0 Å². The van der Waals surface area contributed by atoms with Gasteiger partial charge in [0.05, 0.1) is 0 Å². The summed E-state index contributed by atoms with van der Waals surface area (Å²) in [4.78, 5) is 11.3. The van der Waals surface area contributed by atoms with E-state index in [1.54, 1.807) is 0 Å². The highest BCUT2D eigenvalue weighted by atomic mass is 35.5. The van der Waals surface area contributed by atoms with Gasteiger partial charge in [-0.25, -0.2) is 10.2 Å². The summed E-state index contributed by atoms with van der Waals surface area (Å²) < 4.78 is 5.08. The fourth-order valence-corrected chi connectivity index (χ4v) is 1.42. The molecule has 0 spiro atoms. The Labute approximate surface area is 113 Å². The van der Waals surface area contributed by atoms with Crippen LogP contribution in [0.5, 0.6) is 0 Å². The number of rotatable bonds is 4. The number of ether oxygens (including phenoxy) is 1. The predicted octanol–water partition coefficient (Wildman–Crippen LogP) is 2.91. The average molecular weight is 271 g/mol. The van der Waals surface area contributed by atoms with Crippen molar-refractivity contribution in [3.8, 4) is 0 Å². The van der Waals surface area contributed by atoms with Crippen molar-refractivity contribution < 1.29 is 9.53 Å². The zero-order valence-corrected chi connectivity index (χ0v) is 11.7. The van der Waals surface area contributed by atoms with E-state index in [0.29, 0.717) is 6.54 Å². The highest BCUT2D eigenvalue weighted by Crippen LogP contribution is 2.09. The molecule has 1 aromatic carbocycles. The van der Waals surface area contributed by atoms with Crippen LogP contribution in [0.15, 0.2) is 24.3 Å². The maximum Gasteiger partial charge on any atom is 0.422 e. The topological polar surface area (TPSA) is 50.4 Å². The Bertz CT molecular complexity index is 385. The second-order valence-electron chi connectivity index (χ2n) is 4.93. The smallest absolute Gasteiger partial charge is 0.422 e. The van der Waals surface area contributed by atoms with Crippen molar-refractivity contribution in [2.24, 2.45) is 0 Å². The van der Waals surface area contributed by atoms with Crippen LogP contribution in [0.1, 0.15) is 26.3 Å². The predicted molar refractivity (Wildman–Crippen MR) is 72.5 cm³/mol. The minimum absolute atomic E-state index is 0.474. The summed E-state index contributed by atoms with van der Waals surface area (Å²) in [5.41, 5.74) is 5.96. The van der Waals surface area contributed by atoms with E-state index in [0.717, 1.165) is 17.0 Å². The van der Waals surface area contributed by atoms with Gasteiger partial charge in [-0.05, 0) is 44.9 Å². The van der Waals surface area contributed by atoms with Gasteiger partial charge in [0.2, 0.25) is 0 Å². The molecule has 0 fully saturated rings. The molecule has 0 aromatic heterocycles. The van der Waals surface area contributed by atoms with Crippen LogP contribution in [0.25, 0.3) is 0 Å². The van der Waals surface area contributed by atoms with Crippen LogP contribution in [0.3, 0.4) is 0 Å². The quantitative estimate of drug-likeness (QED) is 0.653. The van der Waals surface area contributed by atoms with Crippen molar-refractivity contribution >= 4 is 17.7 Å². The Hall–Kier alpha value is -1.26. The summed E-state index contributed by atoms with van der Waals surface area (Å²) in [7, 11) is 0. The van der Waals surface area contributed by atoms with Crippen LogP contribution in [-0.4, -0.2) is 18.2 Å². The zero-order valence-electron chi connectivity index (χ0n) is 10.9. The number of nitrogens with one attached hydrogen (secondary N) is 2. The molecule has 0 saturated carbocycles. The Balaban J connectivity index is 2.19. The SMILES string of the molecule is CC(C)(C)OC(=O)NNCCc1ccc(Cl)cc1. The fraction of sp³-hybridized carbons (Fsp3) is 0.462. The standard InChI is InChI=1S/C13H19ClN2O2/c1-13(2,3)18-12(17)16-15-9-8-10-4-6-11(14)7-5-10/h4-7,15H,8-9H2,1-3H3,(H,16,17). The van der Waals surface area contributed by atoms with Crippen molar-refractivity contribution in [1.82, 2.24) is 10.9 Å². The maximum absolute atomic E-state index is 11.3. The summed E-state index contributed by atoms with van der Waals surface area (Å²) in [6.45, 7) is 6.09. The summed E-state index contributed by atoms with van der Waals surface area (Å²) in [5.74, 6) is 0. The number of hydrazine groups is 1. The van der Waals surface area contributed by atoms with Crippen LogP contribution in [-0.2, 0) is 11.2 Å². The molecule has 0 aliphatic rings. The van der Waals surface area contributed by atoms with Crippen molar-refractivity contribution in [3.05, 3.63) is 34.9 Å². The maximum atomic E-state index is 11.3. The van der Waals surface area contributed by atoms with Gasteiger partial charge < -0.3 is 4.74 Å². The number of hydrogen-bond acceptors (Lipinski definition) is 3. The third kappa shape index (κ3) is 6.47. The molecule has 1 aromatic rings. The van der Waals surface area contributed by atoms with E-state index < -0.39 is 11.7 Å². The lowest BCUT2D eigenvalue weighted by atomic mass is 10.2. The van der Waals surface area contributed by atoms with E-state index in [2.05, 4.69) is 10.9 Å². The summed E-state index contributed by atoms with van der Waals surface area (Å²) in [5, 5.41) is 0.721. The molecular weight excluding hydrogens is 252 g/mol. The largest absolute Gasteiger partial charge is 0.443 e. The van der Waals surface area contributed by atoms with Gasteiger partial charge in [0, 0.05) is 11.6 Å². The van der Waals surface area contributed by atoms with E-state index in [1.807, 2.05) is 45.0 Å². The average Bonchev–Trinajstić information content (AvgIpc) is 2.24. The molecule has 0 saturated heterocycles. The van der Waals surface area contributed by atoms with E-state index >= 15 is 0 Å². The van der Waals surface area contributed by atoms with E-state index in [-0.39, 0.29) is 0 Å². The molecule has 0 unspecified atom stereocenters. The molecule has 2 N–H and O–H groups in total. The van der Waals surface area contributed by atoms with Gasteiger partial charge in [-0.1, -0.05) is 23.7 Å². The monoisotopic (exact) mass is 270 g/mol. The first-order valence-electron chi connectivity index (χ1n) is 5.83. The molecule has 0 atom stereocenters. The van der Waals surface area contributed by atoms with Gasteiger partial charge >= 0.3 is 6.09 Å². The number of amides is 1. The first-order valence-corrected chi connectivity index (χ1v) is 6.21. The molecule has 18 heavy (non-hydrogen) atoms. The first kappa shape index (κ1) is 14.8. The molecule has 0 aliphatic carbocycles. The lowest BCUT2D eigenvalue weighted by molar-refractivity contribution is 0.0499. The minimum Gasteiger partial charge on any atom is -0.443 e. The Morgan fingerprint density at radius 1 is 1.28 bits per heavy atom. The van der Waals surface area contributed by atoms with Crippen LogP contribution in [0, 0.1) is 0 Å². The van der Waals surface area contributed by atoms with Crippen molar-refractivity contribution in [1.29, 1.82) is 0 Å². The Morgan fingerprint density at radius 3 is 2.44 bits per heavy atom. The molecular formula is C13H19ClN2O2. The van der Waals surface area contributed by atoms with Gasteiger partial charge in [-0.15, -0.1) is 0 Å². The lowest BCUT2D eigenvalue weighted by Crippen LogP contribution is -2.41. The van der Waals surface area contributed by atoms with Gasteiger partial charge in [0.15, 0.2) is 0 Å². The first-order chi connectivity index (χ1) is 8.37. The van der Waals surface area contributed by atoms with Gasteiger partial charge in [-0.2, -0.15) is 0 Å². The number of hydrogen-bond donors (Lipinski definition) is 2. The van der Waals surface area contributed by atoms with Gasteiger partial charge in [-0.3, -0.25) is 5.43 Å².